The van der Waals surface area contributed by atoms with Crippen LogP contribution in [-0.4, -0.2) is 44.9 Å². The maximum atomic E-state index is 11.9. The summed E-state index contributed by atoms with van der Waals surface area (Å²) in [6.45, 7) is 3.50. The summed E-state index contributed by atoms with van der Waals surface area (Å²) >= 11 is 1.43. The van der Waals surface area contributed by atoms with Crippen molar-refractivity contribution < 1.29 is 19.5 Å². The van der Waals surface area contributed by atoms with Gasteiger partial charge in [0.05, 0.1) is 13.0 Å². The monoisotopic (exact) mass is 352 g/mol. The summed E-state index contributed by atoms with van der Waals surface area (Å²) in [5.41, 5.74) is 0.786. The molecule has 2 aromatic rings. The Morgan fingerprint density at radius 1 is 1.33 bits per heavy atom. The highest BCUT2D eigenvalue weighted by molar-refractivity contribution is 7.15. The van der Waals surface area contributed by atoms with Gasteiger partial charge in [0.15, 0.2) is 4.96 Å². The molecule has 0 saturated heterocycles. The summed E-state index contributed by atoms with van der Waals surface area (Å²) in [6.07, 6.45) is 3.88. The maximum Gasteiger partial charge on any atom is 0.326 e. The van der Waals surface area contributed by atoms with Crippen molar-refractivity contribution in [2.75, 3.05) is 6.54 Å². The Labute approximate surface area is 142 Å². The van der Waals surface area contributed by atoms with Gasteiger partial charge in [-0.1, -0.05) is 13.8 Å². The van der Waals surface area contributed by atoms with Gasteiger partial charge in [0.25, 0.3) is 0 Å². The van der Waals surface area contributed by atoms with E-state index in [-0.39, 0.29) is 24.8 Å². The number of amides is 2. The third kappa shape index (κ3) is 4.79. The standard InChI is InChI=1S/C15H20N4O4S/c1-9(2)5-11(14(22)23)18-13(21)7-17-12(20)6-10-8-24-15-16-3-4-19(10)15/h3-4,8-9,11H,5-7H2,1-2H3,(H,17,20)(H,18,21)(H,22,23)/t11-/m0/s1. The Morgan fingerprint density at radius 2 is 2.08 bits per heavy atom. The van der Waals surface area contributed by atoms with E-state index in [4.69, 9.17) is 5.11 Å². The molecule has 9 heteroatoms. The van der Waals surface area contributed by atoms with Crippen LogP contribution in [0.4, 0.5) is 0 Å². The fourth-order valence-electron chi connectivity index (χ4n) is 2.24. The minimum absolute atomic E-state index is 0.123. The Hall–Kier alpha value is -2.42. The van der Waals surface area contributed by atoms with Crippen molar-refractivity contribution in [1.82, 2.24) is 20.0 Å². The molecule has 2 amide bonds. The van der Waals surface area contributed by atoms with Crippen molar-refractivity contribution in [3.63, 3.8) is 0 Å². The van der Waals surface area contributed by atoms with Crippen molar-refractivity contribution in [3.8, 4) is 0 Å². The van der Waals surface area contributed by atoms with E-state index in [0.717, 1.165) is 10.7 Å². The number of aliphatic carboxylic acids is 1. The van der Waals surface area contributed by atoms with Gasteiger partial charge >= 0.3 is 5.97 Å². The number of hydrogen-bond donors (Lipinski definition) is 3. The first-order chi connectivity index (χ1) is 11.4. The van der Waals surface area contributed by atoms with E-state index in [1.165, 1.54) is 11.3 Å². The van der Waals surface area contributed by atoms with Gasteiger partial charge in [-0.15, -0.1) is 11.3 Å². The average Bonchev–Trinajstić information content (AvgIpc) is 3.09. The Balaban J connectivity index is 1.81. The lowest BCUT2D eigenvalue weighted by Crippen LogP contribution is -2.46. The number of thiazole rings is 1. The number of nitrogens with zero attached hydrogens (tertiary/aromatic N) is 2. The number of hydrogen-bond acceptors (Lipinski definition) is 5. The molecule has 2 aromatic heterocycles. The zero-order chi connectivity index (χ0) is 17.7. The number of fused-ring (bicyclic) bond motifs is 1. The quantitative estimate of drug-likeness (QED) is 0.646. The van der Waals surface area contributed by atoms with Gasteiger partial charge in [-0.05, 0) is 12.3 Å². The molecule has 1 atom stereocenters. The van der Waals surface area contributed by atoms with Crippen molar-refractivity contribution in [1.29, 1.82) is 0 Å². The molecule has 0 aromatic carbocycles. The van der Waals surface area contributed by atoms with Crippen LogP contribution in [0.1, 0.15) is 26.0 Å². The number of nitrogens with one attached hydrogen (secondary N) is 2. The Bertz CT molecular complexity index is 737. The third-order valence-electron chi connectivity index (χ3n) is 3.34. The number of imidazole rings is 1. The summed E-state index contributed by atoms with van der Waals surface area (Å²) in [6, 6.07) is -0.947. The van der Waals surface area contributed by atoms with E-state index in [9.17, 15) is 14.4 Å². The first-order valence-electron chi connectivity index (χ1n) is 7.55. The second-order valence-corrected chi connectivity index (χ2v) is 6.68. The van der Waals surface area contributed by atoms with Gasteiger partial charge in [0.2, 0.25) is 11.8 Å². The number of rotatable bonds is 8. The van der Waals surface area contributed by atoms with Crippen LogP contribution in [0.25, 0.3) is 4.96 Å². The highest BCUT2D eigenvalue weighted by atomic mass is 32.1. The number of carbonyl (C=O) groups excluding carboxylic acids is 2. The smallest absolute Gasteiger partial charge is 0.326 e. The van der Waals surface area contributed by atoms with E-state index in [0.29, 0.717) is 6.42 Å². The second kappa shape index (κ2) is 7.91. The molecule has 3 N–H and O–H groups in total. The minimum atomic E-state index is -1.08. The molecule has 0 aliphatic heterocycles. The summed E-state index contributed by atoms with van der Waals surface area (Å²) in [5.74, 6) is -1.77. The van der Waals surface area contributed by atoms with Crippen molar-refractivity contribution in [2.45, 2.75) is 32.7 Å². The Morgan fingerprint density at radius 3 is 2.75 bits per heavy atom. The molecular formula is C15H20N4O4S. The lowest BCUT2D eigenvalue weighted by atomic mass is 10.0. The number of carboxylic acid groups (broad SMARTS) is 1. The van der Waals surface area contributed by atoms with Gasteiger partial charge in [-0.3, -0.25) is 14.0 Å². The fourth-order valence-corrected chi connectivity index (χ4v) is 3.10. The van der Waals surface area contributed by atoms with Gasteiger partial charge < -0.3 is 15.7 Å². The van der Waals surface area contributed by atoms with Gasteiger partial charge in [-0.2, -0.15) is 0 Å². The maximum absolute atomic E-state index is 11.9. The second-order valence-electron chi connectivity index (χ2n) is 5.85. The summed E-state index contributed by atoms with van der Waals surface area (Å²) < 4.78 is 1.81. The van der Waals surface area contributed by atoms with Gasteiger partial charge in [0, 0.05) is 23.5 Å². The normalized spacial score (nSPS) is 12.3. The van der Waals surface area contributed by atoms with Crippen LogP contribution in [-0.2, 0) is 20.8 Å². The predicted octanol–water partition coefficient (Wildman–Crippen LogP) is 0.670. The molecular weight excluding hydrogens is 332 g/mol. The lowest BCUT2D eigenvalue weighted by molar-refractivity contribution is -0.142. The minimum Gasteiger partial charge on any atom is -0.480 e. The van der Waals surface area contributed by atoms with Crippen LogP contribution in [0.3, 0.4) is 0 Å². The van der Waals surface area contributed by atoms with Crippen LogP contribution >= 0.6 is 11.3 Å². The molecule has 24 heavy (non-hydrogen) atoms. The molecule has 0 bridgehead atoms. The summed E-state index contributed by atoms with van der Waals surface area (Å²) in [4.78, 5) is 39.8. The molecule has 130 valence electrons. The largest absolute Gasteiger partial charge is 0.480 e. The van der Waals surface area contributed by atoms with E-state index >= 15 is 0 Å². The molecule has 0 saturated carbocycles. The zero-order valence-electron chi connectivity index (χ0n) is 13.5. The summed E-state index contributed by atoms with van der Waals surface area (Å²) in [7, 11) is 0. The van der Waals surface area contributed by atoms with Gasteiger partial charge in [-0.25, -0.2) is 9.78 Å². The molecule has 0 fully saturated rings. The van der Waals surface area contributed by atoms with Crippen molar-refractivity contribution in [2.24, 2.45) is 5.92 Å². The first kappa shape index (κ1) is 17.9. The topological polar surface area (TPSA) is 113 Å². The van der Waals surface area contributed by atoms with Crippen LogP contribution in [0.2, 0.25) is 0 Å². The molecule has 0 aliphatic carbocycles. The van der Waals surface area contributed by atoms with Crippen LogP contribution in [0.5, 0.6) is 0 Å². The molecule has 2 heterocycles. The van der Waals surface area contributed by atoms with E-state index < -0.39 is 17.9 Å². The summed E-state index contributed by atoms with van der Waals surface area (Å²) in [5, 5.41) is 15.9. The Kier molecular flexibility index (Phi) is 5.91. The lowest BCUT2D eigenvalue weighted by Gasteiger charge is -2.16. The van der Waals surface area contributed by atoms with Crippen LogP contribution < -0.4 is 10.6 Å². The molecule has 0 aliphatic rings. The molecule has 0 radical (unpaired) electrons. The van der Waals surface area contributed by atoms with E-state index in [2.05, 4.69) is 15.6 Å². The van der Waals surface area contributed by atoms with Crippen LogP contribution in [0.15, 0.2) is 17.8 Å². The average molecular weight is 352 g/mol. The van der Waals surface area contributed by atoms with Crippen LogP contribution in [0, 0.1) is 5.92 Å². The number of carboxylic acids is 1. The highest BCUT2D eigenvalue weighted by Crippen LogP contribution is 2.14. The van der Waals surface area contributed by atoms with E-state index in [1.807, 2.05) is 23.6 Å². The molecule has 2 rings (SSSR count). The highest BCUT2D eigenvalue weighted by Gasteiger charge is 2.21. The van der Waals surface area contributed by atoms with Crippen molar-refractivity contribution in [3.05, 3.63) is 23.5 Å². The number of aromatic nitrogens is 2. The SMILES string of the molecule is CC(C)C[C@H](NC(=O)CNC(=O)Cc1csc2nccn12)C(=O)O. The van der Waals surface area contributed by atoms with Crippen molar-refractivity contribution >= 4 is 34.1 Å². The molecule has 8 nitrogen and oxygen atoms in total. The molecule has 0 spiro atoms. The van der Waals surface area contributed by atoms with E-state index in [1.54, 1.807) is 12.4 Å². The number of carbonyl (C=O) groups is 3. The first-order valence-corrected chi connectivity index (χ1v) is 8.43. The fraction of sp³-hybridized carbons (Fsp3) is 0.467. The third-order valence-corrected chi connectivity index (χ3v) is 4.25. The predicted molar refractivity (Wildman–Crippen MR) is 88.8 cm³/mol. The molecule has 0 unspecified atom stereocenters. The van der Waals surface area contributed by atoms with Gasteiger partial charge in [0.1, 0.15) is 6.04 Å². The zero-order valence-corrected chi connectivity index (χ0v) is 14.3.